The molecule has 0 saturated heterocycles. The second-order valence-electron chi connectivity index (χ2n) is 9.67. The molecule has 0 aliphatic carbocycles. The van der Waals surface area contributed by atoms with E-state index in [1.807, 2.05) is 66.9 Å². The van der Waals surface area contributed by atoms with Crippen molar-refractivity contribution in [2.75, 3.05) is 7.11 Å². The number of amides is 1. The maximum Gasteiger partial charge on any atom is 0.328 e. The van der Waals surface area contributed by atoms with Gasteiger partial charge in [0.2, 0.25) is 0 Å². The van der Waals surface area contributed by atoms with Crippen molar-refractivity contribution < 1.29 is 19.1 Å². The van der Waals surface area contributed by atoms with Crippen LogP contribution in [0.1, 0.15) is 34.1 Å². The van der Waals surface area contributed by atoms with Crippen LogP contribution in [0.2, 0.25) is 5.02 Å². The first-order valence-electron chi connectivity index (χ1n) is 13.3. The normalized spacial score (nSPS) is 11.7. The SMILES string of the molecule is CCc1ccc(COc2ccc(CC(NC(=O)c3cn4ccc(-c5ccc(Cl)cc5)cc4n3)C(=O)OC)cc2)cc1. The lowest BCUT2D eigenvalue weighted by Crippen LogP contribution is -2.43. The Labute approximate surface area is 243 Å². The summed E-state index contributed by atoms with van der Waals surface area (Å²) >= 11 is 6.01. The average Bonchev–Trinajstić information content (AvgIpc) is 3.44. The largest absolute Gasteiger partial charge is 0.489 e. The molecule has 0 radical (unpaired) electrons. The van der Waals surface area contributed by atoms with Gasteiger partial charge in [-0.15, -0.1) is 0 Å². The number of esters is 1. The molecule has 2 aromatic heterocycles. The van der Waals surface area contributed by atoms with Gasteiger partial charge in [-0.25, -0.2) is 9.78 Å². The lowest BCUT2D eigenvalue weighted by molar-refractivity contribution is -0.142. The molecule has 0 saturated carbocycles. The van der Waals surface area contributed by atoms with Gasteiger partial charge < -0.3 is 19.2 Å². The number of nitrogens with zero attached hydrogens (tertiary/aromatic N) is 2. The quantitative estimate of drug-likeness (QED) is 0.200. The van der Waals surface area contributed by atoms with E-state index in [0.717, 1.165) is 34.4 Å². The lowest BCUT2D eigenvalue weighted by atomic mass is 10.1. The molecule has 1 atom stereocenters. The Morgan fingerprint density at radius 3 is 2.27 bits per heavy atom. The van der Waals surface area contributed by atoms with Gasteiger partial charge in [-0.2, -0.15) is 0 Å². The monoisotopic (exact) mass is 567 g/mol. The number of hydrogen-bond acceptors (Lipinski definition) is 5. The minimum Gasteiger partial charge on any atom is -0.489 e. The van der Waals surface area contributed by atoms with E-state index in [4.69, 9.17) is 21.1 Å². The molecule has 0 bridgehead atoms. The van der Waals surface area contributed by atoms with Crippen molar-refractivity contribution in [2.24, 2.45) is 0 Å². The Balaban J connectivity index is 1.24. The van der Waals surface area contributed by atoms with Crippen molar-refractivity contribution >= 4 is 29.1 Å². The number of halogens is 1. The summed E-state index contributed by atoms with van der Waals surface area (Å²) in [7, 11) is 1.30. The summed E-state index contributed by atoms with van der Waals surface area (Å²) in [4.78, 5) is 30.2. The number of carbonyl (C=O) groups is 2. The van der Waals surface area contributed by atoms with Crippen molar-refractivity contribution in [3.8, 4) is 16.9 Å². The third kappa shape index (κ3) is 6.94. The highest BCUT2D eigenvalue weighted by Gasteiger charge is 2.24. The van der Waals surface area contributed by atoms with Crippen LogP contribution >= 0.6 is 11.6 Å². The molecule has 0 spiro atoms. The van der Waals surface area contributed by atoms with E-state index >= 15 is 0 Å². The number of carbonyl (C=O) groups excluding carboxylic acids is 2. The van der Waals surface area contributed by atoms with Gasteiger partial charge in [-0.1, -0.05) is 67.1 Å². The summed E-state index contributed by atoms with van der Waals surface area (Å²) in [6.07, 6.45) is 4.73. The first-order chi connectivity index (χ1) is 19.9. The smallest absolute Gasteiger partial charge is 0.328 e. The Morgan fingerprint density at radius 1 is 0.902 bits per heavy atom. The maximum atomic E-state index is 13.1. The minimum atomic E-state index is -0.884. The van der Waals surface area contributed by atoms with Crippen LogP contribution in [0, 0.1) is 0 Å². The Hall–Kier alpha value is -4.62. The summed E-state index contributed by atoms with van der Waals surface area (Å²) in [6, 6.07) is 26.3. The highest BCUT2D eigenvalue weighted by atomic mass is 35.5. The molecule has 8 heteroatoms. The van der Waals surface area contributed by atoms with Crippen molar-refractivity contribution in [3.63, 3.8) is 0 Å². The van der Waals surface area contributed by atoms with Crippen LogP contribution in [0.5, 0.6) is 5.75 Å². The van der Waals surface area contributed by atoms with Gasteiger partial charge in [0.1, 0.15) is 29.7 Å². The van der Waals surface area contributed by atoms with E-state index in [9.17, 15) is 9.59 Å². The number of pyridine rings is 1. The number of ether oxygens (including phenoxy) is 2. The van der Waals surface area contributed by atoms with Crippen LogP contribution in [-0.2, 0) is 29.0 Å². The van der Waals surface area contributed by atoms with E-state index in [1.54, 1.807) is 10.6 Å². The predicted molar refractivity (Wildman–Crippen MR) is 159 cm³/mol. The highest BCUT2D eigenvalue weighted by molar-refractivity contribution is 6.30. The predicted octanol–water partition coefficient (Wildman–Crippen LogP) is 6.31. The molecule has 0 aliphatic heterocycles. The lowest BCUT2D eigenvalue weighted by Gasteiger charge is -2.16. The standard InChI is InChI=1S/C33H30ClN3O4/c1-3-22-4-6-24(7-5-22)21-41-28-14-8-23(9-15-28)18-29(33(39)40-2)36-32(38)30-20-37-17-16-26(19-31(37)35-30)25-10-12-27(34)13-11-25/h4-17,19-20,29H,3,18,21H2,1-2H3,(H,36,38). The van der Waals surface area contributed by atoms with Gasteiger partial charge in [0.25, 0.3) is 5.91 Å². The zero-order valence-electron chi connectivity index (χ0n) is 22.8. The molecule has 1 unspecified atom stereocenters. The van der Waals surface area contributed by atoms with Crippen molar-refractivity contribution in [1.29, 1.82) is 0 Å². The third-order valence-corrected chi connectivity index (χ3v) is 7.11. The summed E-state index contributed by atoms with van der Waals surface area (Å²) < 4.78 is 12.6. The fraction of sp³-hybridized carbons (Fsp3) is 0.182. The molecular weight excluding hydrogens is 538 g/mol. The van der Waals surface area contributed by atoms with Gasteiger partial charge in [-0.3, -0.25) is 4.79 Å². The number of rotatable bonds is 10. The zero-order chi connectivity index (χ0) is 28.8. The molecule has 0 fully saturated rings. The van der Waals surface area contributed by atoms with Gasteiger partial charge >= 0.3 is 5.97 Å². The fourth-order valence-corrected chi connectivity index (χ4v) is 4.60. The van der Waals surface area contributed by atoms with E-state index in [0.29, 0.717) is 17.3 Å². The second kappa shape index (κ2) is 12.7. The molecule has 7 nitrogen and oxygen atoms in total. The van der Waals surface area contributed by atoms with Gasteiger partial charge in [0.15, 0.2) is 0 Å². The van der Waals surface area contributed by atoms with E-state index in [1.165, 1.54) is 12.7 Å². The summed E-state index contributed by atoms with van der Waals surface area (Å²) in [6.45, 7) is 2.59. The summed E-state index contributed by atoms with van der Waals surface area (Å²) in [5.41, 5.74) is 5.96. The number of fused-ring (bicyclic) bond motifs is 1. The van der Waals surface area contributed by atoms with E-state index in [-0.39, 0.29) is 12.1 Å². The number of aryl methyl sites for hydroxylation is 1. The van der Waals surface area contributed by atoms with Gasteiger partial charge in [-0.05, 0) is 70.6 Å². The molecule has 208 valence electrons. The maximum absolute atomic E-state index is 13.1. The Morgan fingerprint density at radius 2 is 1.59 bits per heavy atom. The summed E-state index contributed by atoms with van der Waals surface area (Å²) in [5.74, 6) is -0.288. The molecule has 41 heavy (non-hydrogen) atoms. The first kappa shape index (κ1) is 27.9. The van der Waals surface area contributed by atoms with Gasteiger partial charge in [0, 0.05) is 23.8 Å². The van der Waals surface area contributed by atoms with Crippen LogP contribution < -0.4 is 10.1 Å². The van der Waals surface area contributed by atoms with E-state index < -0.39 is 17.9 Å². The average molecular weight is 568 g/mol. The third-order valence-electron chi connectivity index (χ3n) is 6.86. The molecule has 5 aromatic rings. The van der Waals surface area contributed by atoms with Crippen molar-refractivity contribution in [2.45, 2.75) is 32.4 Å². The number of imidazole rings is 1. The van der Waals surface area contributed by atoms with Crippen LogP contribution in [0.3, 0.4) is 0 Å². The van der Waals surface area contributed by atoms with Crippen LogP contribution in [0.15, 0.2) is 97.3 Å². The van der Waals surface area contributed by atoms with Crippen LogP contribution in [-0.4, -0.2) is 34.4 Å². The number of hydrogen-bond donors (Lipinski definition) is 1. The molecule has 0 aliphatic rings. The number of benzene rings is 3. The van der Waals surface area contributed by atoms with Crippen molar-refractivity contribution in [3.05, 3.63) is 125 Å². The highest BCUT2D eigenvalue weighted by Crippen LogP contribution is 2.23. The molecule has 1 amide bonds. The Bertz CT molecular complexity index is 1650. The van der Waals surface area contributed by atoms with E-state index in [2.05, 4.69) is 41.5 Å². The molecule has 3 aromatic carbocycles. The molecule has 5 rings (SSSR count). The van der Waals surface area contributed by atoms with Gasteiger partial charge in [0.05, 0.1) is 7.11 Å². The zero-order valence-corrected chi connectivity index (χ0v) is 23.6. The minimum absolute atomic E-state index is 0.197. The van der Waals surface area contributed by atoms with Crippen molar-refractivity contribution in [1.82, 2.24) is 14.7 Å². The number of methoxy groups -OCH3 is 1. The second-order valence-corrected chi connectivity index (χ2v) is 10.1. The fourth-order valence-electron chi connectivity index (χ4n) is 4.48. The van der Waals surface area contributed by atoms with Crippen LogP contribution in [0.25, 0.3) is 16.8 Å². The molecular formula is C33H30ClN3O4. The Kier molecular flexibility index (Phi) is 8.65. The number of nitrogens with one attached hydrogen (secondary N) is 1. The molecule has 1 N–H and O–H groups in total. The van der Waals surface area contributed by atoms with Crippen LogP contribution in [0.4, 0.5) is 0 Å². The first-order valence-corrected chi connectivity index (χ1v) is 13.7. The summed E-state index contributed by atoms with van der Waals surface area (Å²) in [5, 5.41) is 3.44. The number of aromatic nitrogens is 2. The topological polar surface area (TPSA) is 81.9 Å². The molecule has 2 heterocycles.